The molecule has 1 rings (SSSR count). The Bertz CT molecular complexity index is 99.7. The molecule has 11 heavy (non-hydrogen) atoms. The van der Waals surface area contributed by atoms with Gasteiger partial charge in [-0.3, -0.25) is 0 Å². The summed E-state index contributed by atoms with van der Waals surface area (Å²) in [6.45, 7) is 5.06. The molecule has 1 heterocycles. The van der Waals surface area contributed by atoms with E-state index in [-0.39, 0.29) is 0 Å². The molecule has 1 unspecified atom stereocenters. The Morgan fingerprint density at radius 3 is 2.64 bits per heavy atom. The van der Waals surface area contributed by atoms with E-state index in [1.807, 2.05) is 0 Å². The summed E-state index contributed by atoms with van der Waals surface area (Å²) in [5.41, 5.74) is 5.50. The second-order valence-corrected chi connectivity index (χ2v) is 3.50. The number of rotatable bonds is 3. The van der Waals surface area contributed by atoms with Gasteiger partial charge in [-0.2, -0.15) is 0 Å². The van der Waals surface area contributed by atoms with Gasteiger partial charge in [0.25, 0.3) is 0 Å². The normalized spacial score (nSPS) is 23.5. The lowest BCUT2D eigenvalue weighted by Gasteiger charge is -2.27. The van der Waals surface area contributed by atoms with Crippen molar-refractivity contribution in [2.75, 3.05) is 19.8 Å². The first-order valence-corrected chi connectivity index (χ1v) is 4.62. The Kier molecular flexibility index (Phi) is 3.87. The molecule has 0 aliphatic carbocycles. The molecule has 0 spiro atoms. The molecule has 1 saturated heterocycles. The van der Waals surface area contributed by atoms with Crippen LogP contribution in [0.15, 0.2) is 0 Å². The van der Waals surface area contributed by atoms with E-state index in [9.17, 15) is 0 Å². The summed E-state index contributed by atoms with van der Waals surface area (Å²) in [5.74, 6) is 1.66. The lowest BCUT2D eigenvalue weighted by Crippen LogP contribution is -2.23. The van der Waals surface area contributed by atoms with Crippen LogP contribution in [0.25, 0.3) is 0 Å². The predicted molar refractivity (Wildman–Crippen MR) is 46.4 cm³/mol. The summed E-state index contributed by atoms with van der Waals surface area (Å²) in [5, 5.41) is 0. The molecule has 0 radical (unpaired) electrons. The third kappa shape index (κ3) is 2.80. The topological polar surface area (TPSA) is 35.2 Å². The van der Waals surface area contributed by atoms with E-state index in [0.717, 1.165) is 31.6 Å². The zero-order valence-electron chi connectivity index (χ0n) is 7.38. The summed E-state index contributed by atoms with van der Waals surface area (Å²) < 4.78 is 5.30. The van der Waals surface area contributed by atoms with Crippen LogP contribution in [0.3, 0.4) is 0 Å². The van der Waals surface area contributed by atoms with Crippen molar-refractivity contribution >= 4 is 0 Å². The SMILES string of the molecule is CC(CCN)C1CCOCC1. The molecule has 0 saturated carbocycles. The molecule has 0 bridgehead atoms. The van der Waals surface area contributed by atoms with Crippen LogP contribution >= 0.6 is 0 Å². The summed E-state index contributed by atoms with van der Waals surface area (Å²) in [4.78, 5) is 0. The van der Waals surface area contributed by atoms with Gasteiger partial charge >= 0.3 is 0 Å². The first-order chi connectivity index (χ1) is 5.34. The summed E-state index contributed by atoms with van der Waals surface area (Å²) in [7, 11) is 0. The molecule has 1 aliphatic heterocycles. The number of ether oxygens (including phenoxy) is 1. The maximum absolute atomic E-state index is 5.50. The predicted octanol–water partition coefficient (Wildman–Crippen LogP) is 1.40. The molecule has 0 aromatic carbocycles. The zero-order chi connectivity index (χ0) is 8.10. The van der Waals surface area contributed by atoms with Crippen LogP contribution in [-0.2, 0) is 4.74 Å². The van der Waals surface area contributed by atoms with Gasteiger partial charge in [-0.25, -0.2) is 0 Å². The minimum atomic E-state index is 0.795. The Morgan fingerprint density at radius 2 is 2.09 bits per heavy atom. The zero-order valence-corrected chi connectivity index (χ0v) is 7.38. The third-order valence-electron chi connectivity index (χ3n) is 2.69. The quantitative estimate of drug-likeness (QED) is 0.672. The fraction of sp³-hybridized carbons (Fsp3) is 1.00. The van der Waals surface area contributed by atoms with Crippen molar-refractivity contribution in [3.63, 3.8) is 0 Å². The van der Waals surface area contributed by atoms with Gasteiger partial charge in [0.1, 0.15) is 0 Å². The molecule has 1 fully saturated rings. The van der Waals surface area contributed by atoms with Crippen LogP contribution in [0.5, 0.6) is 0 Å². The van der Waals surface area contributed by atoms with Crippen LogP contribution in [-0.4, -0.2) is 19.8 Å². The molecule has 0 amide bonds. The monoisotopic (exact) mass is 157 g/mol. The number of nitrogens with two attached hydrogens (primary N) is 1. The lowest BCUT2D eigenvalue weighted by molar-refractivity contribution is 0.0485. The van der Waals surface area contributed by atoms with Gasteiger partial charge in [-0.15, -0.1) is 0 Å². The van der Waals surface area contributed by atoms with Crippen LogP contribution < -0.4 is 5.73 Å². The highest BCUT2D eigenvalue weighted by Gasteiger charge is 2.19. The van der Waals surface area contributed by atoms with Crippen molar-refractivity contribution in [3.05, 3.63) is 0 Å². The number of hydrogen-bond donors (Lipinski definition) is 1. The van der Waals surface area contributed by atoms with Crippen LogP contribution in [0.2, 0.25) is 0 Å². The van der Waals surface area contributed by atoms with Crippen LogP contribution in [0.1, 0.15) is 26.2 Å². The van der Waals surface area contributed by atoms with E-state index in [2.05, 4.69) is 6.92 Å². The fourth-order valence-electron chi connectivity index (χ4n) is 1.78. The van der Waals surface area contributed by atoms with E-state index >= 15 is 0 Å². The van der Waals surface area contributed by atoms with Crippen LogP contribution in [0.4, 0.5) is 0 Å². The van der Waals surface area contributed by atoms with Crippen molar-refractivity contribution in [3.8, 4) is 0 Å². The van der Waals surface area contributed by atoms with Gasteiger partial charge in [0.05, 0.1) is 0 Å². The maximum Gasteiger partial charge on any atom is 0.0468 e. The van der Waals surface area contributed by atoms with E-state index in [1.165, 1.54) is 19.3 Å². The molecule has 2 heteroatoms. The third-order valence-corrected chi connectivity index (χ3v) is 2.69. The molecule has 2 N–H and O–H groups in total. The molecule has 0 aromatic rings. The van der Waals surface area contributed by atoms with Gasteiger partial charge < -0.3 is 10.5 Å². The molecule has 1 atom stereocenters. The van der Waals surface area contributed by atoms with Crippen LogP contribution in [0, 0.1) is 11.8 Å². The van der Waals surface area contributed by atoms with Crippen molar-refractivity contribution in [1.29, 1.82) is 0 Å². The van der Waals surface area contributed by atoms with Gasteiger partial charge in [0.2, 0.25) is 0 Å². The average molecular weight is 157 g/mol. The second-order valence-electron chi connectivity index (χ2n) is 3.50. The Balaban J connectivity index is 2.21. The van der Waals surface area contributed by atoms with Crippen molar-refractivity contribution in [1.82, 2.24) is 0 Å². The van der Waals surface area contributed by atoms with Gasteiger partial charge in [-0.05, 0) is 37.6 Å². The summed E-state index contributed by atoms with van der Waals surface area (Å²) in [6.07, 6.45) is 3.65. The van der Waals surface area contributed by atoms with Gasteiger partial charge in [-0.1, -0.05) is 6.92 Å². The maximum atomic E-state index is 5.50. The van der Waals surface area contributed by atoms with Gasteiger partial charge in [0.15, 0.2) is 0 Å². The molecular weight excluding hydrogens is 138 g/mol. The first-order valence-electron chi connectivity index (χ1n) is 4.62. The largest absolute Gasteiger partial charge is 0.381 e. The summed E-state index contributed by atoms with van der Waals surface area (Å²) in [6, 6.07) is 0. The molecule has 66 valence electrons. The van der Waals surface area contributed by atoms with E-state index in [4.69, 9.17) is 10.5 Å². The molecule has 0 aromatic heterocycles. The average Bonchev–Trinajstić information content (AvgIpc) is 2.07. The summed E-state index contributed by atoms with van der Waals surface area (Å²) >= 11 is 0. The smallest absolute Gasteiger partial charge is 0.0468 e. The number of hydrogen-bond acceptors (Lipinski definition) is 2. The van der Waals surface area contributed by atoms with Crippen molar-refractivity contribution < 1.29 is 4.74 Å². The highest BCUT2D eigenvalue weighted by atomic mass is 16.5. The molecule has 1 aliphatic rings. The lowest BCUT2D eigenvalue weighted by atomic mass is 9.85. The van der Waals surface area contributed by atoms with E-state index < -0.39 is 0 Å². The minimum Gasteiger partial charge on any atom is -0.381 e. The molecular formula is C9H19NO. The minimum absolute atomic E-state index is 0.795. The Labute approximate surface area is 69.1 Å². The van der Waals surface area contributed by atoms with Crippen molar-refractivity contribution in [2.45, 2.75) is 26.2 Å². The standard InChI is InChI=1S/C9H19NO/c1-8(2-5-10)9-3-6-11-7-4-9/h8-9H,2-7,10H2,1H3. The highest BCUT2D eigenvalue weighted by molar-refractivity contribution is 4.69. The van der Waals surface area contributed by atoms with E-state index in [1.54, 1.807) is 0 Å². The Morgan fingerprint density at radius 1 is 1.45 bits per heavy atom. The fourth-order valence-corrected chi connectivity index (χ4v) is 1.78. The highest BCUT2D eigenvalue weighted by Crippen LogP contribution is 2.25. The van der Waals surface area contributed by atoms with E-state index in [0.29, 0.717) is 0 Å². The second kappa shape index (κ2) is 4.73. The Hall–Kier alpha value is -0.0800. The van der Waals surface area contributed by atoms with Crippen molar-refractivity contribution in [2.24, 2.45) is 17.6 Å². The first kappa shape index (κ1) is 9.01. The van der Waals surface area contributed by atoms with Gasteiger partial charge in [0, 0.05) is 13.2 Å². The molecule has 2 nitrogen and oxygen atoms in total.